The number of anilines is 1. The van der Waals surface area contributed by atoms with Crippen LogP contribution in [0.1, 0.15) is 16.7 Å². The van der Waals surface area contributed by atoms with E-state index in [0.717, 1.165) is 28.6 Å². The van der Waals surface area contributed by atoms with Gasteiger partial charge < -0.3 is 4.74 Å². The normalized spacial score (nSPS) is 11.1. The molecule has 2 aromatic rings. The molecule has 0 saturated heterocycles. The second-order valence-corrected chi connectivity index (χ2v) is 7.89. The van der Waals surface area contributed by atoms with Gasteiger partial charge >= 0.3 is 5.97 Å². The summed E-state index contributed by atoms with van der Waals surface area (Å²) in [5.74, 6) is -0.750. The quantitative estimate of drug-likeness (QED) is 0.425. The van der Waals surface area contributed by atoms with Crippen LogP contribution in [-0.2, 0) is 19.6 Å². The Kier molecular flexibility index (Phi) is 5.85. The molecule has 0 heterocycles. The number of esters is 1. The Bertz CT molecular complexity index is 1000. The van der Waals surface area contributed by atoms with Crippen LogP contribution in [0.5, 0.6) is 0 Å². The largest absolute Gasteiger partial charge is 0.468 e. The Labute approximate surface area is 157 Å². The van der Waals surface area contributed by atoms with Gasteiger partial charge in [-0.2, -0.15) is 0 Å². The van der Waals surface area contributed by atoms with Crippen LogP contribution in [0.2, 0.25) is 0 Å². The van der Waals surface area contributed by atoms with E-state index in [2.05, 4.69) is 4.74 Å². The highest BCUT2D eigenvalue weighted by Crippen LogP contribution is 2.29. The number of nitro groups is 1. The summed E-state index contributed by atoms with van der Waals surface area (Å²) < 4.78 is 32.1. The third-order valence-electron chi connectivity index (χ3n) is 4.23. The van der Waals surface area contributed by atoms with Crippen LogP contribution in [0, 0.1) is 30.9 Å². The van der Waals surface area contributed by atoms with E-state index in [-0.39, 0.29) is 16.3 Å². The van der Waals surface area contributed by atoms with Gasteiger partial charge in [0.25, 0.3) is 15.7 Å². The Morgan fingerprint density at radius 2 is 1.70 bits per heavy atom. The molecule has 0 radical (unpaired) electrons. The Morgan fingerprint density at radius 1 is 1.07 bits per heavy atom. The van der Waals surface area contributed by atoms with Crippen molar-refractivity contribution in [3.63, 3.8) is 0 Å². The fourth-order valence-electron chi connectivity index (χ4n) is 2.48. The molecule has 0 saturated carbocycles. The molecule has 2 rings (SSSR count). The smallest absolute Gasteiger partial charge is 0.326 e. The van der Waals surface area contributed by atoms with Gasteiger partial charge in [0, 0.05) is 12.1 Å². The fraction of sp³-hybridized carbons (Fsp3) is 0.278. The standard InChI is InChI=1S/C18H20N2O6S/c1-12-5-7-15(9-14(12)3)19(11-18(21)26-4)27(24,25)17-10-16(20(22)23)8-6-13(17)2/h5-10H,11H2,1-4H3. The SMILES string of the molecule is COC(=O)CN(c1ccc(C)c(C)c1)S(=O)(=O)c1cc([N+](=O)[O-])ccc1C. The lowest BCUT2D eigenvalue weighted by Crippen LogP contribution is -2.36. The van der Waals surface area contributed by atoms with Gasteiger partial charge in [-0.1, -0.05) is 12.1 Å². The summed E-state index contributed by atoms with van der Waals surface area (Å²) in [7, 11) is -3.09. The molecule has 144 valence electrons. The van der Waals surface area contributed by atoms with Crippen LogP contribution >= 0.6 is 0 Å². The molecule has 0 unspecified atom stereocenters. The summed E-state index contributed by atoms with van der Waals surface area (Å²) in [4.78, 5) is 22.0. The lowest BCUT2D eigenvalue weighted by Gasteiger charge is -2.24. The van der Waals surface area contributed by atoms with Crippen molar-refractivity contribution in [2.24, 2.45) is 0 Å². The Morgan fingerprint density at radius 3 is 2.26 bits per heavy atom. The molecule has 0 bridgehead atoms. The van der Waals surface area contributed by atoms with Gasteiger partial charge in [0.2, 0.25) is 0 Å². The van der Waals surface area contributed by atoms with Crippen molar-refractivity contribution in [2.45, 2.75) is 25.7 Å². The molecule has 2 aromatic carbocycles. The molecule has 0 aliphatic carbocycles. The van der Waals surface area contributed by atoms with E-state index in [1.807, 2.05) is 13.8 Å². The van der Waals surface area contributed by atoms with Crippen molar-refractivity contribution < 1.29 is 22.9 Å². The van der Waals surface area contributed by atoms with E-state index in [1.165, 1.54) is 19.1 Å². The van der Waals surface area contributed by atoms with E-state index in [9.17, 15) is 23.3 Å². The zero-order valence-electron chi connectivity index (χ0n) is 15.4. The summed E-state index contributed by atoms with van der Waals surface area (Å²) in [6.45, 7) is 4.68. The highest BCUT2D eigenvalue weighted by atomic mass is 32.2. The number of sulfonamides is 1. The summed E-state index contributed by atoms with van der Waals surface area (Å²) in [6.07, 6.45) is 0. The van der Waals surface area contributed by atoms with Gasteiger partial charge in [-0.3, -0.25) is 19.2 Å². The Hall–Kier alpha value is -2.94. The first-order valence-electron chi connectivity index (χ1n) is 7.99. The first-order valence-corrected chi connectivity index (χ1v) is 9.43. The molecule has 0 spiro atoms. The van der Waals surface area contributed by atoms with Crippen molar-refractivity contribution in [1.29, 1.82) is 0 Å². The van der Waals surface area contributed by atoms with Crippen LogP contribution < -0.4 is 4.31 Å². The second-order valence-electron chi connectivity index (χ2n) is 6.06. The van der Waals surface area contributed by atoms with Crippen molar-refractivity contribution in [2.75, 3.05) is 18.0 Å². The van der Waals surface area contributed by atoms with Crippen molar-refractivity contribution in [3.8, 4) is 0 Å². The van der Waals surface area contributed by atoms with Gasteiger partial charge in [0.15, 0.2) is 0 Å². The molecule has 27 heavy (non-hydrogen) atoms. The van der Waals surface area contributed by atoms with Gasteiger partial charge in [0.1, 0.15) is 6.54 Å². The van der Waals surface area contributed by atoms with Crippen LogP contribution in [0.15, 0.2) is 41.3 Å². The lowest BCUT2D eigenvalue weighted by atomic mass is 10.1. The van der Waals surface area contributed by atoms with Crippen LogP contribution in [0.4, 0.5) is 11.4 Å². The molecule has 0 aromatic heterocycles. The van der Waals surface area contributed by atoms with E-state index < -0.39 is 27.5 Å². The van der Waals surface area contributed by atoms with E-state index >= 15 is 0 Å². The predicted octanol–water partition coefficient (Wildman–Crippen LogP) is 2.89. The van der Waals surface area contributed by atoms with E-state index in [1.54, 1.807) is 18.2 Å². The number of methoxy groups -OCH3 is 1. The molecule has 0 aliphatic rings. The summed E-state index contributed by atoms with van der Waals surface area (Å²) in [5, 5.41) is 11.1. The topological polar surface area (TPSA) is 107 Å². The van der Waals surface area contributed by atoms with Crippen molar-refractivity contribution >= 4 is 27.4 Å². The first kappa shape index (κ1) is 20.4. The maximum Gasteiger partial charge on any atom is 0.326 e. The molecule has 0 fully saturated rings. The number of rotatable bonds is 6. The average molecular weight is 392 g/mol. The number of nitrogens with zero attached hydrogens (tertiary/aromatic N) is 2. The third kappa shape index (κ3) is 4.25. The average Bonchev–Trinajstić information content (AvgIpc) is 2.61. The zero-order valence-corrected chi connectivity index (χ0v) is 16.2. The maximum atomic E-state index is 13.3. The molecule has 9 heteroatoms. The molecule has 8 nitrogen and oxygen atoms in total. The van der Waals surface area contributed by atoms with Crippen molar-refractivity contribution in [3.05, 3.63) is 63.2 Å². The predicted molar refractivity (Wildman–Crippen MR) is 100 cm³/mol. The summed E-state index contributed by atoms with van der Waals surface area (Å²) in [6, 6.07) is 8.55. The number of hydrogen-bond acceptors (Lipinski definition) is 6. The summed E-state index contributed by atoms with van der Waals surface area (Å²) in [5.41, 5.74) is 2.06. The highest BCUT2D eigenvalue weighted by molar-refractivity contribution is 7.93. The fourth-order valence-corrected chi connectivity index (χ4v) is 4.13. The molecule has 0 N–H and O–H groups in total. The minimum absolute atomic E-state index is 0.237. The number of aryl methyl sites for hydroxylation is 3. The number of ether oxygens (including phenoxy) is 1. The molecular formula is C18H20N2O6S. The van der Waals surface area contributed by atoms with Crippen LogP contribution in [-0.4, -0.2) is 33.0 Å². The maximum absolute atomic E-state index is 13.3. The van der Waals surface area contributed by atoms with Crippen LogP contribution in [0.25, 0.3) is 0 Å². The molecule has 0 aliphatic heterocycles. The molecule has 0 amide bonds. The van der Waals surface area contributed by atoms with Gasteiger partial charge in [-0.15, -0.1) is 0 Å². The molecule has 0 atom stereocenters. The first-order chi connectivity index (χ1) is 12.6. The van der Waals surface area contributed by atoms with Gasteiger partial charge in [0.05, 0.1) is 22.6 Å². The number of carbonyl (C=O) groups excluding carboxylic acids is 1. The van der Waals surface area contributed by atoms with Crippen LogP contribution in [0.3, 0.4) is 0 Å². The molecular weight excluding hydrogens is 372 g/mol. The number of benzene rings is 2. The van der Waals surface area contributed by atoms with Gasteiger partial charge in [-0.25, -0.2) is 8.42 Å². The second kappa shape index (κ2) is 7.75. The highest BCUT2D eigenvalue weighted by Gasteiger charge is 2.30. The third-order valence-corrected chi connectivity index (χ3v) is 6.15. The van der Waals surface area contributed by atoms with Crippen molar-refractivity contribution in [1.82, 2.24) is 0 Å². The number of nitro benzene ring substituents is 1. The summed E-state index contributed by atoms with van der Waals surface area (Å²) >= 11 is 0. The number of non-ortho nitro benzene ring substituents is 1. The minimum atomic E-state index is -4.25. The lowest BCUT2D eigenvalue weighted by molar-refractivity contribution is -0.385. The zero-order chi connectivity index (χ0) is 20.4. The van der Waals surface area contributed by atoms with E-state index in [0.29, 0.717) is 5.56 Å². The number of carbonyl (C=O) groups is 1. The monoisotopic (exact) mass is 392 g/mol. The Balaban J connectivity index is 2.66. The number of hydrogen-bond donors (Lipinski definition) is 0. The van der Waals surface area contributed by atoms with Gasteiger partial charge in [-0.05, 0) is 49.6 Å². The minimum Gasteiger partial charge on any atom is -0.468 e. The van der Waals surface area contributed by atoms with E-state index in [4.69, 9.17) is 0 Å².